The highest BCUT2D eigenvalue weighted by atomic mass is 35.5. The van der Waals surface area contributed by atoms with E-state index in [9.17, 15) is 8.78 Å². The molecule has 80 valence electrons. The summed E-state index contributed by atoms with van der Waals surface area (Å²) in [5.41, 5.74) is -0.337. The van der Waals surface area contributed by atoms with Crippen molar-refractivity contribution in [3.63, 3.8) is 0 Å². The van der Waals surface area contributed by atoms with E-state index in [2.05, 4.69) is 4.98 Å². The molecule has 0 fully saturated rings. The number of methoxy groups -OCH3 is 1. The fourth-order valence-corrected chi connectivity index (χ4v) is 1.30. The smallest absolute Gasteiger partial charge is 0.265 e. The topological polar surface area (TPSA) is 45.9 Å². The number of halogens is 3. The van der Waals surface area contributed by atoms with Crippen LogP contribution in [0.1, 0.15) is 17.7 Å². The summed E-state index contributed by atoms with van der Waals surface area (Å²) in [6, 6.07) is 2.85. The first kappa shape index (κ1) is 11.7. The molecule has 1 rings (SSSR count). The van der Waals surface area contributed by atoms with E-state index in [4.69, 9.17) is 21.6 Å². The Morgan fingerprint density at radius 1 is 1.67 bits per heavy atom. The summed E-state index contributed by atoms with van der Waals surface area (Å²) >= 11 is 5.65. The van der Waals surface area contributed by atoms with E-state index in [-0.39, 0.29) is 28.6 Å². The Morgan fingerprint density at radius 2 is 2.33 bits per heavy atom. The highest BCUT2D eigenvalue weighted by Gasteiger charge is 2.17. The molecule has 0 aliphatic carbocycles. The van der Waals surface area contributed by atoms with Gasteiger partial charge in [-0.25, -0.2) is 13.8 Å². The number of hydrogen-bond donors (Lipinski definition) is 0. The maximum atomic E-state index is 12.6. The third kappa shape index (κ3) is 2.54. The first-order valence-corrected chi connectivity index (χ1v) is 4.36. The molecule has 0 bridgehead atoms. The summed E-state index contributed by atoms with van der Waals surface area (Å²) in [5, 5.41) is 8.41. The van der Waals surface area contributed by atoms with Crippen LogP contribution in [0.3, 0.4) is 0 Å². The maximum Gasteiger partial charge on any atom is 0.265 e. The van der Waals surface area contributed by atoms with Gasteiger partial charge in [-0.05, 0) is 6.07 Å². The van der Waals surface area contributed by atoms with Crippen LogP contribution >= 0.6 is 11.6 Å². The standard InChI is InChI=1S/C9H7ClF2N2O/c1-15-7-4-5(9(11)12)6(2-3-13)14-8(7)10/h4,9H,2H2,1H3. The lowest BCUT2D eigenvalue weighted by atomic mass is 10.1. The van der Waals surface area contributed by atoms with E-state index in [1.807, 2.05) is 0 Å². The normalized spacial score (nSPS) is 10.1. The van der Waals surface area contributed by atoms with Gasteiger partial charge in [0.05, 0.1) is 25.3 Å². The second-order valence-electron chi connectivity index (χ2n) is 2.65. The van der Waals surface area contributed by atoms with Gasteiger partial charge in [0.15, 0.2) is 10.9 Å². The molecule has 0 aliphatic rings. The van der Waals surface area contributed by atoms with Gasteiger partial charge < -0.3 is 4.74 Å². The Labute approximate surface area is 90.3 Å². The Hall–Kier alpha value is -1.41. The van der Waals surface area contributed by atoms with Crippen molar-refractivity contribution in [1.29, 1.82) is 5.26 Å². The number of nitrogens with zero attached hydrogens (tertiary/aromatic N) is 2. The number of rotatable bonds is 3. The van der Waals surface area contributed by atoms with Crippen LogP contribution in [-0.4, -0.2) is 12.1 Å². The number of ether oxygens (including phenoxy) is 1. The number of aromatic nitrogens is 1. The molecule has 1 aromatic rings. The summed E-state index contributed by atoms with van der Waals surface area (Å²) < 4.78 is 29.9. The van der Waals surface area contributed by atoms with E-state index in [0.29, 0.717) is 0 Å². The molecule has 0 N–H and O–H groups in total. The SMILES string of the molecule is COc1cc(C(F)F)c(CC#N)nc1Cl. The minimum atomic E-state index is -2.70. The molecule has 1 heterocycles. The lowest BCUT2D eigenvalue weighted by Crippen LogP contribution is -2.00. The van der Waals surface area contributed by atoms with Crippen molar-refractivity contribution >= 4 is 11.6 Å². The van der Waals surface area contributed by atoms with Gasteiger partial charge in [0.1, 0.15) is 0 Å². The molecule has 6 heteroatoms. The minimum absolute atomic E-state index is 0.0155. The van der Waals surface area contributed by atoms with E-state index in [1.165, 1.54) is 7.11 Å². The molecular weight excluding hydrogens is 226 g/mol. The Kier molecular flexibility index (Phi) is 3.81. The molecule has 0 atom stereocenters. The van der Waals surface area contributed by atoms with Crippen molar-refractivity contribution in [2.24, 2.45) is 0 Å². The van der Waals surface area contributed by atoms with Gasteiger partial charge in [0, 0.05) is 5.56 Å². The molecule has 0 saturated heterocycles. The summed E-state index contributed by atoms with van der Waals surface area (Å²) in [6.07, 6.45) is -2.91. The van der Waals surface area contributed by atoms with Crippen LogP contribution in [0.4, 0.5) is 8.78 Å². The van der Waals surface area contributed by atoms with Crippen LogP contribution < -0.4 is 4.74 Å². The summed E-state index contributed by atoms with van der Waals surface area (Å²) in [4.78, 5) is 3.69. The first-order valence-electron chi connectivity index (χ1n) is 3.98. The Morgan fingerprint density at radius 3 is 2.80 bits per heavy atom. The Balaban J connectivity index is 3.26. The maximum absolute atomic E-state index is 12.6. The molecule has 0 spiro atoms. The number of hydrogen-bond acceptors (Lipinski definition) is 3. The van der Waals surface area contributed by atoms with Crippen molar-refractivity contribution in [1.82, 2.24) is 4.98 Å². The third-order valence-corrected chi connectivity index (χ3v) is 2.03. The van der Waals surface area contributed by atoms with Gasteiger partial charge in [0.25, 0.3) is 6.43 Å². The zero-order chi connectivity index (χ0) is 11.4. The summed E-state index contributed by atoms with van der Waals surface area (Å²) in [5.74, 6) is 0.0775. The molecule has 0 aliphatic heterocycles. The Bertz CT molecular complexity index is 404. The minimum Gasteiger partial charge on any atom is -0.494 e. The molecule has 1 aromatic heterocycles. The van der Waals surface area contributed by atoms with Crippen molar-refractivity contribution in [3.05, 3.63) is 22.5 Å². The van der Waals surface area contributed by atoms with Gasteiger partial charge in [0.2, 0.25) is 0 Å². The van der Waals surface area contributed by atoms with Crippen LogP contribution in [0.5, 0.6) is 5.75 Å². The van der Waals surface area contributed by atoms with E-state index in [1.54, 1.807) is 6.07 Å². The molecule has 0 saturated carbocycles. The molecule has 0 amide bonds. The van der Waals surface area contributed by atoms with Crippen LogP contribution in [0, 0.1) is 11.3 Å². The van der Waals surface area contributed by atoms with Crippen LogP contribution in [0.25, 0.3) is 0 Å². The largest absolute Gasteiger partial charge is 0.494 e. The highest BCUT2D eigenvalue weighted by molar-refractivity contribution is 6.30. The molecule has 0 aromatic carbocycles. The first-order chi connectivity index (χ1) is 7.10. The summed E-state index contributed by atoms with van der Waals surface area (Å²) in [6.45, 7) is 0. The van der Waals surface area contributed by atoms with E-state index in [0.717, 1.165) is 6.07 Å². The predicted molar refractivity (Wildman–Crippen MR) is 50.1 cm³/mol. The average Bonchev–Trinajstić information content (AvgIpc) is 2.18. The van der Waals surface area contributed by atoms with Gasteiger partial charge in [-0.15, -0.1) is 0 Å². The molecular formula is C9H7ClF2N2O. The molecule has 15 heavy (non-hydrogen) atoms. The fraction of sp³-hybridized carbons (Fsp3) is 0.333. The van der Waals surface area contributed by atoms with Crippen molar-refractivity contribution in [3.8, 4) is 11.8 Å². The monoisotopic (exact) mass is 232 g/mol. The fourth-order valence-electron chi connectivity index (χ4n) is 1.07. The van der Waals surface area contributed by atoms with Crippen molar-refractivity contribution in [2.75, 3.05) is 7.11 Å². The second-order valence-corrected chi connectivity index (χ2v) is 3.01. The number of alkyl halides is 2. The van der Waals surface area contributed by atoms with Crippen molar-refractivity contribution in [2.45, 2.75) is 12.8 Å². The summed E-state index contributed by atoms with van der Waals surface area (Å²) in [7, 11) is 1.31. The van der Waals surface area contributed by atoms with Crippen LogP contribution in [-0.2, 0) is 6.42 Å². The number of pyridine rings is 1. The highest BCUT2D eigenvalue weighted by Crippen LogP contribution is 2.30. The zero-order valence-electron chi connectivity index (χ0n) is 7.80. The van der Waals surface area contributed by atoms with E-state index < -0.39 is 6.43 Å². The molecule has 0 unspecified atom stereocenters. The third-order valence-electron chi connectivity index (χ3n) is 1.76. The zero-order valence-corrected chi connectivity index (χ0v) is 8.55. The predicted octanol–water partition coefficient (Wildman–Crippen LogP) is 2.75. The lowest BCUT2D eigenvalue weighted by molar-refractivity contribution is 0.149. The average molecular weight is 233 g/mol. The van der Waals surface area contributed by atoms with E-state index >= 15 is 0 Å². The van der Waals surface area contributed by atoms with Gasteiger partial charge in [-0.2, -0.15) is 5.26 Å². The van der Waals surface area contributed by atoms with Gasteiger partial charge in [-0.1, -0.05) is 11.6 Å². The van der Waals surface area contributed by atoms with Crippen LogP contribution in [0.2, 0.25) is 5.15 Å². The number of nitriles is 1. The molecule has 3 nitrogen and oxygen atoms in total. The lowest BCUT2D eigenvalue weighted by Gasteiger charge is -2.09. The van der Waals surface area contributed by atoms with Crippen LogP contribution in [0.15, 0.2) is 6.07 Å². The van der Waals surface area contributed by atoms with Gasteiger partial charge in [-0.3, -0.25) is 0 Å². The molecule has 0 radical (unpaired) electrons. The second kappa shape index (κ2) is 4.89. The quantitative estimate of drug-likeness (QED) is 0.753. The van der Waals surface area contributed by atoms with Crippen molar-refractivity contribution < 1.29 is 13.5 Å². The van der Waals surface area contributed by atoms with Gasteiger partial charge >= 0.3 is 0 Å².